The van der Waals surface area contributed by atoms with Crippen LogP contribution in [0.3, 0.4) is 0 Å². The number of allylic oxidation sites excluding steroid dienone is 1. The third kappa shape index (κ3) is 10.4. The number of hydrazone groups is 1. The molecule has 0 radical (unpaired) electrons. The molecule has 26 heteroatoms. The monoisotopic (exact) mass is 1030 g/mol. The van der Waals surface area contributed by atoms with Crippen LogP contribution in [0.1, 0.15) is 27.0 Å². The van der Waals surface area contributed by atoms with Crippen LogP contribution in [0.2, 0.25) is 0 Å². The van der Waals surface area contributed by atoms with Gasteiger partial charge in [-0.15, -0.1) is 20.5 Å². The van der Waals surface area contributed by atoms with Gasteiger partial charge in [0.15, 0.2) is 11.5 Å². The summed E-state index contributed by atoms with van der Waals surface area (Å²) in [6, 6.07) is 25.1. The van der Waals surface area contributed by atoms with E-state index in [2.05, 4.69) is 41.2 Å². The first-order valence-electron chi connectivity index (χ1n) is 20.5. The van der Waals surface area contributed by atoms with Crippen LogP contribution in [0.25, 0.3) is 28.0 Å². The maximum absolute atomic E-state index is 13.9. The number of nitrogens with zero attached hydrogens (tertiary/aromatic N) is 7. The molecule has 0 fully saturated rings. The van der Waals surface area contributed by atoms with E-state index >= 15 is 0 Å². The standard InChI is InChI=1S/C46H36N10O13S3/c1-22-13-24(4-9-33(22)50-55-43-41(71(64,65)66)15-26-3-8-30(20-31(26)45(43)59)49-52-35-11-6-28(47)18-38(35)57)25-5-10-34(23(2)14-25)51-56-44-42(72(67,68)69)17-27-16-40(70(61,62)63)37(21-32(27)46(44)60)54-53-36-12-7-29(48)19-39(36)58/h3-21,51,57-59H,47-48H2,1-2H3,(H,61,62,63)(H,64,65,66)(H,67,68,69). The van der Waals surface area contributed by atoms with Gasteiger partial charge in [-0.3, -0.25) is 23.9 Å². The predicted molar refractivity (Wildman–Crippen MR) is 266 cm³/mol. The lowest BCUT2D eigenvalue weighted by Crippen LogP contribution is -2.27. The summed E-state index contributed by atoms with van der Waals surface area (Å²) in [4.78, 5) is 11.3. The number of phenols is 3. The van der Waals surface area contributed by atoms with Gasteiger partial charge < -0.3 is 26.8 Å². The molecule has 0 bridgehead atoms. The van der Waals surface area contributed by atoms with Crippen LogP contribution in [-0.2, 0) is 30.4 Å². The van der Waals surface area contributed by atoms with Crippen LogP contribution in [0.5, 0.6) is 17.2 Å². The summed E-state index contributed by atoms with van der Waals surface area (Å²) in [6.45, 7) is 3.36. The second-order valence-corrected chi connectivity index (χ2v) is 20.0. The van der Waals surface area contributed by atoms with Crippen LogP contribution >= 0.6 is 0 Å². The maximum atomic E-state index is 13.9. The average Bonchev–Trinajstić information content (AvgIpc) is 3.30. The largest absolute Gasteiger partial charge is 0.506 e. The summed E-state index contributed by atoms with van der Waals surface area (Å²) in [5, 5.41) is 59.9. The Morgan fingerprint density at radius 3 is 1.69 bits per heavy atom. The van der Waals surface area contributed by atoms with Gasteiger partial charge in [-0.05, 0) is 132 Å². The highest BCUT2D eigenvalue weighted by Crippen LogP contribution is 2.44. The van der Waals surface area contributed by atoms with Gasteiger partial charge in [0.2, 0.25) is 5.78 Å². The number of carbonyl (C=O) groups excluding carboxylic acids is 1. The molecule has 0 atom stereocenters. The number of rotatable bonds is 12. The van der Waals surface area contributed by atoms with Crippen molar-refractivity contribution in [3.8, 4) is 28.4 Å². The van der Waals surface area contributed by atoms with Crippen molar-refractivity contribution in [2.45, 2.75) is 23.6 Å². The minimum Gasteiger partial charge on any atom is -0.506 e. The molecule has 0 aliphatic heterocycles. The Morgan fingerprint density at radius 1 is 0.542 bits per heavy atom. The topological polar surface area (TPSA) is 391 Å². The van der Waals surface area contributed by atoms with Crippen molar-refractivity contribution >= 4 is 110 Å². The van der Waals surface area contributed by atoms with Crippen LogP contribution in [0.4, 0.5) is 51.2 Å². The lowest BCUT2D eigenvalue weighted by Gasteiger charge is -2.18. The molecular weight excluding hydrogens is 997 g/mol. The maximum Gasteiger partial charge on any atom is 0.296 e. The number of fused-ring (bicyclic) bond motifs is 2. The van der Waals surface area contributed by atoms with E-state index in [4.69, 9.17) is 11.5 Å². The Bertz CT molecular complexity index is 3990. The molecule has 11 N–H and O–H groups in total. The van der Waals surface area contributed by atoms with E-state index in [9.17, 15) is 59.0 Å². The third-order valence-electron chi connectivity index (χ3n) is 10.8. The van der Waals surface area contributed by atoms with Crippen LogP contribution < -0.4 is 16.9 Å². The van der Waals surface area contributed by atoms with E-state index in [1.807, 2.05) is 0 Å². The first-order chi connectivity index (χ1) is 33.8. The Balaban J connectivity index is 1.06. The number of hydrogen-bond donors (Lipinski definition) is 9. The first-order valence-corrected chi connectivity index (χ1v) is 24.8. The van der Waals surface area contributed by atoms with E-state index in [1.165, 1.54) is 48.5 Å². The molecule has 0 heterocycles. The number of nitrogens with one attached hydrogen (secondary N) is 1. The zero-order chi connectivity index (χ0) is 52.0. The summed E-state index contributed by atoms with van der Waals surface area (Å²) in [5.74, 6) is -2.37. The molecule has 0 aromatic heterocycles. The molecule has 366 valence electrons. The molecule has 23 nitrogen and oxygen atoms in total. The van der Waals surface area contributed by atoms with Crippen LogP contribution in [0.15, 0.2) is 160 Å². The Morgan fingerprint density at radius 2 is 1.11 bits per heavy atom. The molecular formula is C46H36N10O13S3. The number of nitrogen functional groups attached to an aromatic ring is 2. The van der Waals surface area contributed by atoms with E-state index in [0.717, 1.165) is 30.3 Å². The average molecular weight is 1030 g/mol. The Kier molecular flexibility index (Phi) is 13.0. The molecule has 0 unspecified atom stereocenters. The van der Waals surface area contributed by atoms with Crippen molar-refractivity contribution in [3.63, 3.8) is 0 Å². The zero-order valence-electron chi connectivity index (χ0n) is 37.0. The van der Waals surface area contributed by atoms with Gasteiger partial charge in [-0.1, -0.05) is 18.2 Å². The third-order valence-corrected chi connectivity index (χ3v) is 13.4. The molecule has 7 aromatic carbocycles. The van der Waals surface area contributed by atoms with Gasteiger partial charge in [0.05, 0.1) is 17.1 Å². The van der Waals surface area contributed by atoms with Crippen molar-refractivity contribution in [3.05, 3.63) is 136 Å². The van der Waals surface area contributed by atoms with Gasteiger partial charge in [0.25, 0.3) is 30.4 Å². The number of ketones is 1. The highest BCUT2D eigenvalue weighted by atomic mass is 32.2. The van der Waals surface area contributed by atoms with Crippen molar-refractivity contribution in [2.24, 2.45) is 35.8 Å². The van der Waals surface area contributed by atoms with Crippen LogP contribution in [0, 0.1) is 13.8 Å². The Labute approximate surface area is 408 Å². The quantitative estimate of drug-likeness (QED) is 0.0238. The fourth-order valence-corrected chi connectivity index (χ4v) is 9.18. The smallest absolute Gasteiger partial charge is 0.296 e. The molecule has 1 aliphatic rings. The van der Waals surface area contributed by atoms with Crippen molar-refractivity contribution in [1.82, 2.24) is 0 Å². The van der Waals surface area contributed by atoms with Crippen molar-refractivity contribution in [1.29, 1.82) is 0 Å². The highest BCUT2D eigenvalue weighted by molar-refractivity contribution is 7.91. The number of phenolic OH excluding ortho intramolecular Hbond substituents is 3. The second kappa shape index (κ2) is 18.8. The number of anilines is 3. The van der Waals surface area contributed by atoms with Gasteiger partial charge in [-0.25, -0.2) is 0 Å². The number of hydrogen-bond acceptors (Lipinski definition) is 20. The van der Waals surface area contributed by atoms with Crippen molar-refractivity contribution in [2.75, 3.05) is 16.9 Å². The van der Waals surface area contributed by atoms with Gasteiger partial charge in [0.1, 0.15) is 48.9 Å². The predicted octanol–water partition coefficient (Wildman–Crippen LogP) is 10.0. The van der Waals surface area contributed by atoms with E-state index < -0.39 is 79.4 Å². The number of azo groups is 3. The number of aryl methyl sites for hydroxylation is 2. The number of Topliss-reactive ketones (excluding diaryl/α,β-unsaturated/α-hetero) is 1. The lowest BCUT2D eigenvalue weighted by atomic mass is 9.94. The number of benzene rings is 7. The SMILES string of the molecule is Cc1cc(-c2ccc(NN=C3C(=O)c4cc(N=Nc5ccc(N)cc5O)c(S(=O)(=O)O)cc4C=C3S(=O)(=O)O)c(C)c2)ccc1N=Nc1c(S(=O)(=O)O)cc2ccc(N=Nc3ccc(N)cc3O)cc2c1O. The van der Waals surface area contributed by atoms with Gasteiger partial charge >= 0.3 is 0 Å². The summed E-state index contributed by atoms with van der Waals surface area (Å²) in [5.41, 5.74) is 14.9. The summed E-state index contributed by atoms with van der Waals surface area (Å²) in [6.07, 6.45) is 0.788. The summed E-state index contributed by atoms with van der Waals surface area (Å²) in [7, 11) is -15.2. The van der Waals surface area contributed by atoms with E-state index in [0.29, 0.717) is 27.9 Å². The summed E-state index contributed by atoms with van der Waals surface area (Å²) >= 11 is 0. The molecule has 7 aromatic rings. The first kappa shape index (κ1) is 49.6. The molecule has 1 aliphatic carbocycles. The number of carbonyl (C=O) groups is 1. The van der Waals surface area contributed by atoms with Gasteiger partial charge in [0, 0.05) is 34.5 Å². The molecule has 0 amide bonds. The van der Waals surface area contributed by atoms with Crippen LogP contribution in [-0.4, -0.2) is 65.7 Å². The summed E-state index contributed by atoms with van der Waals surface area (Å²) < 4.78 is 105. The fraction of sp³-hybridized carbons (Fsp3) is 0.0435. The number of nitrogens with two attached hydrogens (primary N) is 2. The minimum absolute atomic E-state index is 0.0934. The lowest BCUT2D eigenvalue weighted by molar-refractivity contribution is 0.106. The molecule has 0 saturated carbocycles. The zero-order valence-corrected chi connectivity index (χ0v) is 39.5. The fourth-order valence-electron chi connectivity index (χ4n) is 7.23. The van der Waals surface area contributed by atoms with E-state index in [-0.39, 0.29) is 61.8 Å². The van der Waals surface area contributed by atoms with Crippen molar-refractivity contribution < 1.29 is 59.0 Å². The van der Waals surface area contributed by atoms with Gasteiger partial charge in [-0.2, -0.15) is 40.6 Å². The molecule has 72 heavy (non-hydrogen) atoms. The minimum atomic E-state index is -5.19. The normalized spacial score (nSPS) is 13.9. The molecule has 0 spiro atoms. The van der Waals surface area contributed by atoms with E-state index in [1.54, 1.807) is 50.2 Å². The molecule has 8 rings (SSSR count). The Hall–Kier alpha value is -8.79. The molecule has 0 saturated heterocycles. The highest BCUT2D eigenvalue weighted by Gasteiger charge is 2.35. The second-order valence-electron chi connectivity index (χ2n) is 15.8. The number of aromatic hydroxyl groups is 3.